The number of carbonyl (C=O) groups excluding carboxylic acids is 1. The van der Waals surface area contributed by atoms with E-state index < -0.39 is 5.97 Å². The van der Waals surface area contributed by atoms with Crippen LogP contribution < -0.4 is 0 Å². The third kappa shape index (κ3) is 3.20. The average molecular weight is 239 g/mol. The number of carbonyl (C=O) groups is 2. The predicted molar refractivity (Wildman–Crippen MR) is 63.6 cm³/mol. The number of aliphatic carboxylic acids is 1. The Labute approximate surface area is 102 Å². The van der Waals surface area contributed by atoms with E-state index in [0.29, 0.717) is 12.5 Å². The highest BCUT2D eigenvalue weighted by Gasteiger charge is 2.31. The SMILES string of the molecule is O=C(O)CC1CCN(C2CCCCC2)C(=O)C1. The van der Waals surface area contributed by atoms with Gasteiger partial charge in [-0.25, -0.2) is 0 Å². The molecule has 0 bridgehead atoms. The lowest BCUT2D eigenvalue weighted by atomic mass is 9.88. The molecule has 2 aliphatic rings. The van der Waals surface area contributed by atoms with Crippen molar-refractivity contribution in [2.75, 3.05) is 6.54 Å². The molecule has 2 rings (SSSR count). The van der Waals surface area contributed by atoms with Crippen molar-refractivity contribution in [3.05, 3.63) is 0 Å². The maximum absolute atomic E-state index is 12.0. The summed E-state index contributed by atoms with van der Waals surface area (Å²) in [5, 5.41) is 8.74. The zero-order valence-electron chi connectivity index (χ0n) is 10.2. The lowest BCUT2D eigenvalue weighted by molar-refractivity contribution is -0.142. The topological polar surface area (TPSA) is 57.6 Å². The predicted octanol–water partition coefficient (Wildman–Crippen LogP) is 2.03. The number of nitrogens with zero attached hydrogens (tertiary/aromatic N) is 1. The number of hydrogen-bond acceptors (Lipinski definition) is 2. The average Bonchev–Trinajstić information content (AvgIpc) is 2.29. The van der Waals surface area contributed by atoms with Crippen molar-refractivity contribution in [1.82, 2.24) is 4.90 Å². The summed E-state index contributed by atoms with van der Waals surface area (Å²) in [6.07, 6.45) is 7.45. The monoisotopic (exact) mass is 239 g/mol. The van der Waals surface area contributed by atoms with Crippen molar-refractivity contribution < 1.29 is 14.7 Å². The third-order valence-corrected chi connectivity index (χ3v) is 4.04. The molecule has 4 heteroatoms. The first-order valence-electron chi connectivity index (χ1n) is 6.68. The molecule has 1 aliphatic carbocycles. The van der Waals surface area contributed by atoms with Gasteiger partial charge < -0.3 is 10.0 Å². The number of carboxylic acids is 1. The van der Waals surface area contributed by atoms with Gasteiger partial charge in [-0.15, -0.1) is 0 Å². The van der Waals surface area contributed by atoms with Gasteiger partial charge in [-0.05, 0) is 25.2 Å². The number of rotatable bonds is 3. The summed E-state index contributed by atoms with van der Waals surface area (Å²) in [6, 6.07) is 0.432. The van der Waals surface area contributed by atoms with Crippen molar-refractivity contribution in [1.29, 1.82) is 0 Å². The Kier molecular flexibility index (Phi) is 4.02. The molecule has 17 heavy (non-hydrogen) atoms. The zero-order valence-corrected chi connectivity index (χ0v) is 10.2. The first-order valence-corrected chi connectivity index (χ1v) is 6.68. The molecule has 1 N–H and O–H groups in total. The van der Waals surface area contributed by atoms with E-state index in [9.17, 15) is 9.59 Å². The van der Waals surface area contributed by atoms with Crippen LogP contribution >= 0.6 is 0 Å². The van der Waals surface area contributed by atoms with Crippen LogP contribution in [0.3, 0.4) is 0 Å². The van der Waals surface area contributed by atoms with E-state index in [-0.39, 0.29) is 18.2 Å². The first-order chi connectivity index (χ1) is 8.16. The van der Waals surface area contributed by atoms with Gasteiger partial charge in [0.2, 0.25) is 5.91 Å². The summed E-state index contributed by atoms with van der Waals surface area (Å²) in [5.41, 5.74) is 0. The van der Waals surface area contributed by atoms with Crippen LogP contribution in [0.1, 0.15) is 51.4 Å². The largest absolute Gasteiger partial charge is 0.481 e. The number of carboxylic acid groups (broad SMARTS) is 1. The minimum Gasteiger partial charge on any atom is -0.481 e. The summed E-state index contributed by atoms with van der Waals surface area (Å²) in [6.45, 7) is 0.765. The molecule has 0 aromatic carbocycles. The van der Waals surface area contributed by atoms with Crippen molar-refractivity contribution in [3.8, 4) is 0 Å². The number of piperidine rings is 1. The normalized spacial score (nSPS) is 27.2. The Morgan fingerprint density at radius 2 is 1.94 bits per heavy atom. The molecular formula is C13H21NO3. The van der Waals surface area contributed by atoms with Crippen LogP contribution in [0.5, 0.6) is 0 Å². The molecule has 0 spiro atoms. The Morgan fingerprint density at radius 1 is 1.24 bits per heavy atom. The maximum Gasteiger partial charge on any atom is 0.303 e. The Balaban J connectivity index is 1.86. The molecule has 4 nitrogen and oxygen atoms in total. The van der Waals surface area contributed by atoms with E-state index in [1.54, 1.807) is 0 Å². The fourth-order valence-corrected chi connectivity index (χ4v) is 3.11. The van der Waals surface area contributed by atoms with Crippen LogP contribution in [-0.4, -0.2) is 34.5 Å². The molecule has 0 radical (unpaired) electrons. The van der Waals surface area contributed by atoms with E-state index in [1.165, 1.54) is 19.3 Å². The number of likely N-dealkylation sites (tertiary alicyclic amines) is 1. The lowest BCUT2D eigenvalue weighted by Crippen LogP contribution is -2.46. The van der Waals surface area contributed by atoms with E-state index in [4.69, 9.17) is 5.11 Å². The zero-order chi connectivity index (χ0) is 12.3. The number of amides is 1. The van der Waals surface area contributed by atoms with Gasteiger partial charge in [0.25, 0.3) is 0 Å². The van der Waals surface area contributed by atoms with Gasteiger partial charge in [0.05, 0.1) is 0 Å². The van der Waals surface area contributed by atoms with E-state index >= 15 is 0 Å². The molecule has 1 atom stereocenters. The highest BCUT2D eigenvalue weighted by molar-refractivity contribution is 5.78. The van der Waals surface area contributed by atoms with Gasteiger partial charge in [-0.3, -0.25) is 9.59 Å². The molecule has 1 aliphatic heterocycles. The molecule has 0 aromatic rings. The van der Waals surface area contributed by atoms with E-state index in [1.807, 2.05) is 4.90 Å². The first kappa shape index (κ1) is 12.4. The van der Waals surface area contributed by atoms with Crippen LogP contribution in [0.4, 0.5) is 0 Å². The van der Waals surface area contributed by atoms with E-state index in [2.05, 4.69) is 0 Å². The van der Waals surface area contributed by atoms with Crippen molar-refractivity contribution >= 4 is 11.9 Å². The second-order valence-electron chi connectivity index (χ2n) is 5.34. The summed E-state index contributed by atoms with van der Waals surface area (Å²) < 4.78 is 0. The van der Waals surface area contributed by atoms with Gasteiger partial charge >= 0.3 is 5.97 Å². The minimum absolute atomic E-state index is 0.0554. The van der Waals surface area contributed by atoms with E-state index in [0.717, 1.165) is 25.8 Å². The van der Waals surface area contributed by atoms with Crippen LogP contribution in [0.2, 0.25) is 0 Å². The molecule has 96 valence electrons. The molecule has 1 unspecified atom stereocenters. The van der Waals surface area contributed by atoms with Gasteiger partial charge in [0.15, 0.2) is 0 Å². The lowest BCUT2D eigenvalue weighted by Gasteiger charge is -2.39. The molecule has 1 amide bonds. The molecule has 0 aromatic heterocycles. The minimum atomic E-state index is -0.783. The van der Waals surface area contributed by atoms with Crippen LogP contribution in [0, 0.1) is 5.92 Å². The van der Waals surface area contributed by atoms with Gasteiger partial charge in [0.1, 0.15) is 0 Å². The standard InChI is InChI=1S/C13H21NO3/c15-12-8-10(9-13(16)17)6-7-14(12)11-4-2-1-3-5-11/h10-11H,1-9H2,(H,16,17). The fourth-order valence-electron chi connectivity index (χ4n) is 3.11. The third-order valence-electron chi connectivity index (χ3n) is 4.04. The summed E-state index contributed by atoms with van der Waals surface area (Å²) in [5.74, 6) is -0.553. The smallest absolute Gasteiger partial charge is 0.303 e. The van der Waals surface area contributed by atoms with Gasteiger partial charge in [-0.1, -0.05) is 19.3 Å². The molecule has 2 fully saturated rings. The van der Waals surface area contributed by atoms with Crippen LogP contribution in [0.25, 0.3) is 0 Å². The van der Waals surface area contributed by atoms with Crippen LogP contribution in [0.15, 0.2) is 0 Å². The summed E-state index contributed by atoms with van der Waals surface area (Å²) >= 11 is 0. The molecule has 1 heterocycles. The van der Waals surface area contributed by atoms with Gasteiger partial charge in [-0.2, -0.15) is 0 Å². The fraction of sp³-hybridized carbons (Fsp3) is 0.846. The second-order valence-corrected chi connectivity index (χ2v) is 5.34. The van der Waals surface area contributed by atoms with Crippen LogP contribution in [-0.2, 0) is 9.59 Å². The highest BCUT2D eigenvalue weighted by atomic mass is 16.4. The maximum atomic E-state index is 12.0. The summed E-state index contributed by atoms with van der Waals surface area (Å²) in [4.78, 5) is 24.7. The Morgan fingerprint density at radius 3 is 2.53 bits per heavy atom. The van der Waals surface area contributed by atoms with Crippen molar-refractivity contribution in [2.24, 2.45) is 5.92 Å². The molecule has 1 saturated carbocycles. The quantitative estimate of drug-likeness (QED) is 0.819. The highest BCUT2D eigenvalue weighted by Crippen LogP contribution is 2.28. The van der Waals surface area contributed by atoms with Crippen molar-refractivity contribution in [3.63, 3.8) is 0 Å². The second kappa shape index (κ2) is 5.52. The molecule has 1 saturated heterocycles. The molecular weight excluding hydrogens is 218 g/mol. The van der Waals surface area contributed by atoms with Gasteiger partial charge in [0, 0.05) is 25.4 Å². The van der Waals surface area contributed by atoms with Crippen molar-refractivity contribution in [2.45, 2.75) is 57.4 Å². The summed E-state index contributed by atoms with van der Waals surface area (Å²) in [7, 11) is 0. The Bertz CT molecular complexity index is 297. The Hall–Kier alpha value is -1.06. The number of hydrogen-bond donors (Lipinski definition) is 1.